The van der Waals surface area contributed by atoms with Crippen molar-refractivity contribution in [3.8, 4) is 11.5 Å². The number of nitrogens with one attached hydrogen (secondary N) is 1. The number of methoxy groups -OCH3 is 2. The summed E-state index contributed by atoms with van der Waals surface area (Å²) < 4.78 is 10.8. The highest BCUT2D eigenvalue weighted by atomic mass is 16.5. The van der Waals surface area contributed by atoms with E-state index in [4.69, 9.17) is 9.47 Å². The van der Waals surface area contributed by atoms with Crippen LogP contribution in [0.3, 0.4) is 0 Å². The molecule has 1 unspecified atom stereocenters. The zero-order chi connectivity index (χ0) is 19.0. The van der Waals surface area contributed by atoms with Crippen LogP contribution in [-0.2, 0) is 11.2 Å². The summed E-state index contributed by atoms with van der Waals surface area (Å²) in [5.41, 5.74) is 3.25. The number of likely N-dealkylation sites (tertiary alicyclic amines) is 1. The van der Waals surface area contributed by atoms with Gasteiger partial charge in [-0.3, -0.25) is 9.59 Å². The summed E-state index contributed by atoms with van der Waals surface area (Å²) in [6.07, 6.45) is 2.20. The smallest absolute Gasteiger partial charge is 0.254 e. The van der Waals surface area contributed by atoms with E-state index in [1.807, 2.05) is 35.2 Å². The molecule has 0 aliphatic carbocycles. The van der Waals surface area contributed by atoms with Crippen molar-refractivity contribution in [2.24, 2.45) is 0 Å². The molecule has 0 aromatic heterocycles. The van der Waals surface area contributed by atoms with E-state index in [1.54, 1.807) is 20.3 Å². The number of hydrogen-bond acceptors (Lipinski definition) is 4. The van der Waals surface area contributed by atoms with E-state index in [1.165, 1.54) is 0 Å². The summed E-state index contributed by atoms with van der Waals surface area (Å²) in [5, 5.41) is 2.81. The molecule has 2 amide bonds. The maximum Gasteiger partial charge on any atom is 0.254 e. The lowest BCUT2D eigenvalue weighted by Gasteiger charge is -2.27. The largest absolute Gasteiger partial charge is 0.497 e. The Morgan fingerprint density at radius 1 is 1.15 bits per heavy atom. The maximum atomic E-state index is 13.2. The Hall–Kier alpha value is -3.02. The predicted molar refractivity (Wildman–Crippen MR) is 101 cm³/mol. The van der Waals surface area contributed by atoms with E-state index in [0.717, 1.165) is 41.2 Å². The number of carbonyl (C=O) groups is 2. The molecule has 1 saturated heterocycles. The van der Waals surface area contributed by atoms with Crippen molar-refractivity contribution in [3.05, 3.63) is 53.1 Å². The van der Waals surface area contributed by atoms with Crippen molar-refractivity contribution in [1.29, 1.82) is 0 Å². The molecule has 140 valence electrons. The summed E-state index contributed by atoms with van der Waals surface area (Å²) in [4.78, 5) is 26.6. The average Bonchev–Trinajstić information content (AvgIpc) is 3.31. The average molecular weight is 366 g/mol. The lowest BCUT2D eigenvalue weighted by Crippen LogP contribution is -2.30. The van der Waals surface area contributed by atoms with Crippen molar-refractivity contribution in [1.82, 2.24) is 4.90 Å². The molecule has 2 heterocycles. The molecule has 4 rings (SSSR count). The minimum absolute atomic E-state index is 0.0284. The first-order valence-electron chi connectivity index (χ1n) is 9.06. The predicted octanol–water partition coefficient (Wildman–Crippen LogP) is 3.18. The van der Waals surface area contributed by atoms with Crippen LogP contribution in [0, 0.1) is 0 Å². The van der Waals surface area contributed by atoms with E-state index in [0.29, 0.717) is 18.5 Å². The van der Waals surface area contributed by atoms with Gasteiger partial charge in [-0.2, -0.15) is 0 Å². The third-order valence-electron chi connectivity index (χ3n) is 5.30. The van der Waals surface area contributed by atoms with Gasteiger partial charge in [0.15, 0.2) is 0 Å². The molecular weight excluding hydrogens is 344 g/mol. The van der Waals surface area contributed by atoms with E-state index in [-0.39, 0.29) is 17.9 Å². The highest BCUT2D eigenvalue weighted by molar-refractivity contribution is 6.02. The standard InChI is InChI=1S/C21H22N2O4/c1-26-15-7-8-16(19(12-15)27-2)18-4-3-9-23(18)21(25)14-6-5-13-11-20(24)22-17(13)10-14/h5-8,10,12,18H,3-4,9,11H2,1-2H3,(H,22,24). The molecule has 2 aromatic carbocycles. The minimum atomic E-state index is -0.0406. The monoisotopic (exact) mass is 366 g/mol. The quantitative estimate of drug-likeness (QED) is 0.902. The van der Waals surface area contributed by atoms with E-state index < -0.39 is 0 Å². The van der Waals surface area contributed by atoms with Crippen LogP contribution in [0.1, 0.15) is 40.4 Å². The van der Waals surface area contributed by atoms with Gasteiger partial charge < -0.3 is 19.7 Å². The van der Waals surface area contributed by atoms with Gasteiger partial charge in [0, 0.05) is 29.4 Å². The molecule has 0 bridgehead atoms. The van der Waals surface area contributed by atoms with Gasteiger partial charge in [0.25, 0.3) is 5.91 Å². The van der Waals surface area contributed by atoms with Gasteiger partial charge in [-0.15, -0.1) is 0 Å². The maximum absolute atomic E-state index is 13.2. The fourth-order valence-corrected chi connectivity index (χ4v) is 3.94. The van der Waals surface area contributed by atoms with Crippen LogP contribution < -0.4 is 14.8 Å². The second-order valence-electron chi connectivity index (χ2n) is 6.86. The highest BCUT2D eigenvalue weighted by Gasteiger charge is 2.33. The lowest BCUT2D eigenvalue weighted by atomic mass is 10.0. The van der Waals surface area contributed by atoms with Crippen LogP contribution >= 0.6 is 0 Å². The molecule has 2 aliphatic rings. The molecule has 27 heavy (non-hydrogen) atoms. The molecule has 6 heteroatoms. The van der Waals surface area contributed by atoms with Gasteiger partial charge in [0.05, 0.1) is 26.7 Å². The van der Waals surface area contributed by atoms with Crippen molar-refractivity contribution in [2.45, 2.75) is 25.3 Å². The van der Waals surface area contributed by atoms with E-state index >= 15 is 0 Å². The lowest BCUT2D eigenvalue weighted by molar-refractivity contribution is -0.115. The Morgan fingerprint density at radius 3 is 2.78 bits per heavy atom. The molecule has 0 spiro atoms. The molecule has 2 aromatic rings. The molecule has 6 nitrogen and oxygen atoms in total. The molecular formula is C21H22N2O4. The van der Waals surface area contributed by atoms with Crippen LogP contribution in [0.2, 0.25) is 0 Å². The Bertz CT molecular complexity index is 909. The van der Waals surface area contributed by atoms with Gasteiger partial charge >= 0.3 is 0 Å². The van der Waals surface area contributed by atoms with Crippen LogP contribution in [0.15, 0.2) is 36.4 Å². The number of anilines is 1. The van der Waals surface area contributed by atoms with Crippen molar-refractivity contribution < 1.29 is 19.1 Å². The number of nitrogens with zero attached hydrogens (tertiary/aromatic N) is 1. The topological polar surface area (TPSA) is 67.9 Å². The number of benzene rings is 2. The summed E-state index contributed by atoms with van der Waals surface area (Å²) >= 11 is 0. The van der Waals surface area contributed by atoms with Gasteiger partial charge in [0.2, 0.25) is 5.91 Å². The van der Waals surface area contributed by atoms with Crippen LogP contribution in [-0.4, -0.2) is 37.5 Å². The van der Waals surface area contributed by atoms with Gasteiger partial charge in [-0.25, -0.2) is 0 Å². The molecule has 0 radical (unpaired) electrons. The van der Waals surface area contributed by atoms with Crippen LogP contribution in [0.25, 0.3) is 0 Å². The first kappa shape index (κ1) is 17.4. The number of fused-ring (bicyclic) bond motifs is 1. The first-order chi connectivity index (χ1) is 13.1. The SMILES string of the molecule is COc1ccc(C2CCCN2C(=O)c2ccc3c(c2)NC(=O)C3)c(OC)c1. The van der Waals surface area contributed by atoms with Crippen molar-refractivity contribution in [3.63, 3.8) is 0 Å². The number of amides is 2. The molecule has 0 saturated carbocycles. The van der Waals surface area contributed by atoms with Crippen molar-refractivity contribution in [2.75, 3.05) is 26.1 Å². The molecule has 1 fully saturated rings. The number of carbonyl (C=O) groups excluding carboxylic acids is 2. The fraction of sp³-hybridized carbons (Fsp3) is 0.333. The summed E-state index contributed by atoms with van der Waals surface area (Å²) in [5.74, 6) is 1.39. The fourth-order valence-electron chi connectivity index (χ4n) is 3.94. The number of ether oxygens (including phenoxy) is 2. The zero-order valence-electron chi connectivity index (χ0n) is 15.5. The summed E-state index contributed by atoms with van der Waals surface area (Å²) in [7, 11) is 3.25. The minimum Gasteiger partial charge on any atom is -0.497 e. The Labute approximate surface area is 158 Å². The van der Waals surface area contributed by atoms with Crippen LogP contribution in [0.4, 0.5) is 5.69 Å². The number of hydrogen-bond donors (Lipinski definition) is 1. The molecule has 1 atom stereocenters. The third-order valence-corrected chi connectivity index (χ3v) is 5.30. The Kier molecular flexibility index (Phi) is 4.48. The van der Waals surface area contributed by atoms with E-state index in [2.05, 4.69) is 5.32 Å². The number of rotatable bonds is 4. The Morgan fingerprint density at radius 2 is 2.00 bits per heavy atom. The third kappa shape index (κ3) is 3.12. The second-order valence-corrected chi connectivity index (χ2v) is 6.86. The highest BCUT2D eigenvalue weighted by Crippen LogP contribution is 2.39. The zero-order valence-corrected chi connectivity index (χ0v) is 15.5. The van der Waals surface area contributed by atoms with Gasteiger partial charge in [-0.1, -0.05) is 6.07 Å². The normalized spacial score (nSPS) is 18.2. The van der Waals surface area contributed by atoms with Gasteiger partial charge in [0.1, 0.15) is 11.5 Å². The van der Waals surface area contributed by atoms with Gasteiger partial charge in [-0.05, 0) is 42.7 Å². The second kappa shape index (κ2) is 6.95. The summed E-state index contributed by atoms with van der Waals surface area (Å²) in [6.45, 7) is 0.697. The van der Waals surface area contributed by atoms with Crippen LogP contribution in [0.5, 0.6) is 11.5 Å². The molecule has 1 N–H and O–H groups in total. The van der Waals surface area contributed by atoms with E-state index in [9.17, 15) is 9.59 Å². The first-order valence-corrected chi connectivity index (χ1v) is 9.06. The molecule has 2 aliphatic heterocycles. The Balaban J connectivity index is 1.63. The summed E-state index contributed by atoms with van der Waals surface area (Å²) in [6, 6.07) is 11.1. The van der Waals surface area contributed by atoms with Crippen molar-refractivity contribution >= 4 is 17.5 Å².